The molecule has 1 fully saturated rings. The lowest BCUT2D eigenvalue weighted by Crippen LogP contribution is -1.83. The van der Waals surface area contributed by atoms with Crippen LogP contribution < -0.4 is 0 Å². The van der Waals surface area contributed by atoms with Crippen LogP contribution in [0.15, 0.2) is 16.7 Å². The normalized spacial score (nSPS) is 15.5. The average Bonchev–Trinajstić information content (AvgIpc) is 2.99. The summed E-state index contributed by atoms with van der Waals surface area (Å²) in [5, 5.41) is 14.2. The largest absolute Gasteiger partial charge is 0.356 e. The summed E-state index contributed by atoms with van der Waals surface area (Å²) in [5.74, 6) is 0.470. The van der Waals surface area contributed by atoms with Crippen molar-refractivity contribution >= 4 is 22.6 Å². The van der Waals surface area contributed by atoms with Crippen molar-refractivity contribution in [3.05, 3.63) is 28.4 Å². The summed E-state index contributed by atoms with van der Waals surface area (Å²) < 4.78 is 5.19. The van der Waals surface area contributed by atoms with Gasteiger partial charge in [-0.25, -0.2) is 0 Å². The highest BCUT2D eigenvalue weighted by Crippen LogP contribution is 2.44. The summed E-state index contributed by atoms with van der Waals surface area (Å²) in [6.45, 7) is 0. The van der Waals surface area contributed by atoms with Crippen molar-refractivity contribution in [1.82, 2.24) is 5.16 Å². The molecule has 1 aromatic carbocycles. The molecule has 1 aliphatic rings. The van der Waals surface area contributed by atoms with E-state index in [2.05, 4.69) is 11.2 Å². The maximum atomic E-state index is 8.88. The molecule has 1 saturated carbocycles. The lowest BCUT2D eigenvalue weighted by Gasteiger charge is -1.96. The molecule has 0 unspecified atom stereocenters. The van der Waals surface area contributed by atoms with E-state index in [-0.39, 0.29) is 0 Å². The maximum Gasteiger partial charge on any atom is 0.168 e. The summed E-state index contributed by atoms with van der Waals surface area (Å²) in [7, 11) is 0. The Morgan fingerprint density at radius 2 is 2.27 bits per heavy atom. The van der Waals surface area contributed by atoms with Crippen molar-refractivity contribution in [1.29, 1.82) is 5.26 Å². The first-order chi connectivity index (χ1) is 7.31. The zero-order valence-electron chi connectivity index (χ0n) is 7.83. The first-order valence-corrected chi connectivity index (χ1v) is 5.17. The van der Waals surface area contributed by atoms with E-state index in [4.69, 9.17) is 21.4 Å². The van der Waals surface area contributed by atoms with Crippen LogP contribution in [0.1, 0.15) is 30.0 Å². The lowest BCUT2D eigenvalue weighted by atomic mass is 10.1. The molecule has 0 amide bonds. The number of nitrogens with zero attached hydrogens (tertiary/aromatic N) is 2. The number of benzene rings is 1. The van der Waals surface area contributed by atoms with E-state index in [0.29, 0.717) is 22.1 Å². The summed E-state index contributed by atoms with van der Waals surface area (Å²) in [5.41, 5.74) is 2.06. The number of halogens is 1. The minimum absolute atomic E-state index is 0.470. The molecule has 0 aliphatic heterocycles. The minimum atomic E-state index is 0.470. The van der Waals surface area contributed by atoms with Crippen LogP contribution >= 0.6 is 11.6 Å². The van der Waals surface area contributed by atoms with Crippen LogP contribution in [0.25, 0.3) is 11.0 Å². The van der Waals surface area contributed by atoms with Gasteiger partial charge in [0.05, 0.1) is 21.7 Å². The second kappa shape index (κ2) is 2.98. The van der Waals surface area contributed by atoms with Crippen molar-refractivity contribution < 1.29 is 4.52 Å². The third-order valence-corrected chi connectivity index (χ3v) is 3.08. The van der Waals surface area contributed by atoms with Crippen LogP contribution in [0, 0.1) is 11.3 Å². The molecule has 3 nitrogen and oxygen atoms in total. The van der Waals surface area contributed by atoms with Crippen LogP contribution in [0.3, 0.4) is 0 Å². The Morgan fingerprint density at radius 3 is 2.93 bits per heavy atom. The van der Waals surface area contributed by atoms with Crippen LogP contribution in [-0.4, -0.2) is 5.16 Å². The predicted octanol–water partition coefficient (Wildman–Crippen LogP) is 3.23. The zero-order chi connectivity index (χ0) is 10.4. The molecular weight excluding hydrogens is 212 g/mol. The monoisotopic (exact) mass is 218 g/mol. The SMILES string of the molecule is N#Cc1ccc2onc(C3CC3)c2c1Cl. The molecule has 0 saturated heterocycles. The van der Waals surface area contributed by atoms with Crippen LogP contribution in [-0.2, 0) is 0 Å². The summed E-state index contributed by atoms with van der Waals surface area (Å²) >= 11 is 6.14. The Morgan fingerprint density at radius 1 is 1.47 bits per heavy atom. The molecule has 4 heteroatoms. The Kier molecular flexibility index (Phi) is 1.74. The molecule has 0 N–H and O–H groups in total. The molecule has 1 aromatic heterocycles. The van der Waals surface area contributed by atoms with Gasteiger partial charge in [-0.3, -0.25) is 0 Å². The van der Waals surface area contributed by atoms with Crippen LogP contribution in [0.2, 0.25) is 5.02 Å². The molecule has 0 spiro atoms. The van der Waals surface area contributed by atoms with Gasteiger partial charge < -0.3 is 4.52 Å². The molecule has 1 heterocycles. The average molecular weight is 219 g/mol. The Labute approximate surface area is 91.2 Å². The van der Waals surface area contributed by atoms with E-state index in [1.807, 2.05) is 0 Å². The van der Waals surface area contributed by atoms with Gasteiger partial charge in [0.2, 0.25) is 0 Å². The van der Waals surface area contributed by atoms with Crippen LogP contribution in [0.4, 0.5) is 0 Å². The first kappa shape index (κ1) is 8.75. The fourth-order valence-corrected chi connectivity index (χ4v) is 2.03. The van der Waals surface area contributed by atoms with E-state index in [0.717, 1.165) is 23.9 Å². The van der Waals surface area contributed by atoms with Crippen LogP contribution in [0.5, 0.6) is 0 Å². The van der Waals surface area contributed by atoms with E-state index in [9.17, 15) is 0 Å². The molecule has 15 heavy (non-hydrogen) atoms. The zero-order valence-corrected chi connectivity index (χ0v) is 8.58. The van der Waals surface area contributed by atoms with Gasteiger partial charge in [-0.2, -0.15) is 5.26 Å². The number of nitriles is 1. The molecule has 2 aromatic rings. The van der Waals surface area contributed by atoms with Gasteiger partial charge >= 0.3 is 0 Å². The second-order valence-corrected chi connectivity index (χ2v) is 4.13. The highest BCUT2D eigenvalue weighted by Gasteiger charge is 2.30. The quantitative estimate of drug-likeness (QED) is 0.738. The van der Waals surface area contributed by atoms with E-state index in [1.54, 1.807) is 12.1 Å². The molecule has 1 aliphatic carbocycles. The van der Waals surface area contributed by atoms with E-state index < -0.39 is 0 Å². The summed E-state index contributed by atoms with van der Waals surface area (Å²) in [4.78, 5) is 0. The van der Waals surface area contributed by atoms with Gasteiger partial charge in [0.25, 0.3) is 0 Å². The van der Waals surface area contributed by atoms with Gasteiger partial charge in [-0.15, -0.1) is 0 Å². The highest BCUT2D eigenvalue weighted by atomic mass is 35.5. The highest BCUT2D eigenvalue weighted by molar-refractivity contribution is 6.36. The van der Waals surface area contributed by atoms with Gasteiger partial charge in [0.15, 0.2) is 5.58 Å². The third kappa shape index (κ3) is 1.22. The number of fused-ring (bicyclic) bond motifs is 1. The molecule has 0 atom stereocenters. The predicted molar refractivity (Wildman–Crippen MR) is 55.7 cm³/mol. The number of aromatic nitrogens is 1. The Hall–Kier alpha value is -1.53. The van der Waals surface area contributed by atoms with Gasteiger partial charge in [0, 0.05) is 5.92 Å². The van der Waals surface area contributed by atoms with Gasteiger partial charge in [0.1, 0.15) is 6.07 Å². The second-order valence-electron chi connectivity index (χ2n) is 3.75. The summed E-state index contributed by atoms with van der Waals surface area (Å²) in [6.07, 6.45) is 2.27. The molecule has 74 valence electrons. The molecule has 3 rings (SSSR count). The molecule has 0 radical (unpaired) electrons. The number of hydrogen-bond acceptors (Lipinski definition) is 3. The fourth-order valence-electron chi connectivity index (χ4n) is 1.74. The van der Waals surface area contributed by atoms with Crippen molar-refractivity contribution in [2.24, 2.45) is 0 Å². The minimum Gasteiger partial charge on any atom is -0.356 e. The fraction of sp³-hybridized carbons (Fsp3) is 0.273. The van der Waals surface area contributed by atoms with Crippen molar-refractivity contribution in [2.75, 3.05) is 0 Å². The topological polar surface area (TPSA) is 49.8 Å². The molecule has 0 bridgehead atoms. The third-order valence-electron chi connectivity index (χ3n) is 2.69. The number of hydrogen-bond donors (Lipinski definition) is 0. The van der Waals surface area contributed by atoms with E-state index >= 15 is 0 Å². The van der Waals surface area contributed by atoms with Crippen molar-refractivity contribution in [2.45, 2.75) is 18.8 Å². The Balaban J connectivity index is 2.35. The molecular formula is C11H7ClN2O. The summed E-state index contributed by atoms with van der Waals surface area (Å²) in [6, 6.07) is 5.47. The smallest absolute Gasteiger partial charge is 0.168 e. The van der Waals surface area contributed by atoms with Gasteiger partial charge in [-0.1, -0.05) is 16.8 Å². The van der Waals surface area contributed by atoms with Crippen molar-refractivity contribution in [3.8, 4) is 6.07 Å². The number of rotatable bonds is 1. The standard InChI is InChI=1S/C11H7ClN2O/c12-10-7(5-13)3-4-8-9(10)11(14-15-8)6-1-2-6/h3-4,6H,1-2H2. The first-order valence-electron chi connectivity index (χ1n) is 4.79. The van der Waals surface area contributed by atoms with E-state index in [1.165, 1.54) is 0 Å². The lowest BCUT2D eigenvalue weighted by molar-refractivity contribution is 0.446. The van der Waals surface area contributed by atoms with Crippen molar-refractivity contribution in [3.63, 3.8) is 0 Å². The Bertz CT molecular complexity index is 578. The maximum absolute atomic E-state index is 8.88. The van der Waals surface area contributed by atoms with Gasteiger partial charge in [-0.05, 0) is 25.0 Å².